The van der Waals surface area contributed by atoms with Crippen LogP contribution in [0.1, 0.15) is 53.4 Å². The highest BCUT2D eigenvalue weighted by Gasteiger charge is 2.27. The summed E-state index contributed by atoms with van der Waals surface area (Å²) in [5, 5.41) is 2.66. The van der Waals surface area contributed by atoms with Crippen molar-refractivity contribution >= 4 is 14.4 Å². The third-order valence-electron chi connectivity index (χ3n) is 3.29. The highest BCUT2D eigenvalue weighted by Crippen LogP contribution is 2.45. The Balaban J connectivity index is 4.19. The summed E-state index contributed by atoms with van der Waals surface area (Å²) in [5.41, 5.74) is 0. The molecule has 0 aliphatic heterocycles. The Morgan fingerprint density at radius 1 is 1.20 bits per heavy atom. The molecule has 0 saturated carbocycles. The summed E-state index contributed by atoms with van der Waals surface area (Å²) >= 11 is 0. The molecule has 0 fully saturated rings. The number of terminal acetylenes is 1. The maximum absolute atomic E-state index is 11.4. The van der Waals surface area contributed by atoms with Crippen molar-refractivity contribution < 1.29 is 13.8 Å². The van der Waals surface area contributed by atoms with Gasteiger partial charge in [-0.3, -0.25) is 4.79 Å². The van der Waals surface area contributed by atoms with Gasteiger partial charge in [0, 0.05) is 18.5 Å². The fourth-order valence-corrected chi connectivity index (χ4v) is 3.87. The molecule has 1 unspecified atom stereocenters. The van der Waals surface area contributed by atoms with Crippen LogP contribution in [0.15, 0.2) is 0 Å². The predicted octanol–water partition coefficient (Wildman–Crippen LogP) is 3.59. The third-order valence-corrected chi connectivity index (χ3v) is 5.40. The SMILES string of the molecule is [C-]#[N+]CCOP(OCCCCCC(=O)NCC#C)N(C(C)C)C(C)C. The molecule has 0 aromatic heterocycles. The smallest absolute Gasteiger partial charge is 0.259 e. The highest BCUT2D eigenvalue weighted by atomic mass is 31.2. The number of nitrogens with one attached hydrogen (secondary N) is 1. The summed E-state index contributed by atoms with van der Waals surface area (Å²) in [6.45, 7) is 16.9. The van der Waals surface area contributed by atoms with Gasteiger partial charge in [0.25, 0.3) is 8.53 Å². The van der Waals surface area contributed by atoms with Crippen molar-refractivity contribution in [3.8, 4) is 12.3 Å². The molecule has 1 amide bonds. The van der Waals surface area contributed by atoms with Crippen LogP contribution in [0, 0.1) is 18.9 Å². The number of unbranched alkanes of at least 4 members (excludes halogenated alkanes) is 2. The van der Waals surface area contributed by atoms with Crippen LogP contribution in [0.2, 0.25) is 0 Å². The van der Waals surface area contributed by atoms with Gasteiger partial charge in [-0.15, -0.1) is 6.42 Å². The second-order valence-electron chi connectivity index (χ2n) is 6.15. The fourth-order valence-electron chi connectivity index (χ4n) is 2.25. The van der Waals surface area contributed by atoms with Crippen molar-refractivity contribution in [2.75, 3.05) is 26.3 Å². The number of carbonyl (C=O) groups excluding carboxylic acids is 1. The zero-order valence-electron chi connectivity index (χ0n) is 16.0. The van der Waals surface area contributed by atoms with Crippen LogP contribution in [-0.4, -0.2) is 49.0 Å². The molecule has 1 N–H and O–H groups in total. The Kier molecular flexibility index (Phi) is 14.4. The minimum absolute atomic E-state index is 0.00520. The van der Waals surface area contributed by atoms with Crippen molar-refractivity contribution in [3.05, 3.63) is 11.4 Å². The van der Waals surface area contributed by atoms with Crippen LogP contribution >= 0.6 is 8.53 Å². The molecule has 142 valence electrons. The van der Waals surface area contributed by atoms with E-state index in [-0.39, 0.29) is 12.5 Å². The molecule has 25 heavy (non-hydrogen) atoms. The van der Waals surface area contributed by atoms with Crippen molar-refractivity contribution in [2.24, 2.45) is 0 Å². The van der Waals surface area contributed by atoms with Crippen molar-refractivity contribution in [3.63, 3.8) is 0 Å². The van der Waals surface area contributed by atoms with Gasteiger partial charge in [-0.25, -0.2) is 11.2 Å². The Bertz CT molecular complexity index is 436. The van der Waals surface area contributed by atoms with E-state index in [4.69, 9.17) is 22.0 Å². The molecule has 0 aromatic rings. The van der Waals surface area contributed by atoms with Crippen LogP contribution in [0.3, 0.4) is 0 Å². The van der Waals surface area contributed by atoms with Crippen molar-refractivity contribution in [2.45, 2.75) is 65.5 Å². The van der Waals surface area contributed by atoms with Crippen molar-refractivity contribution in [1.82, 2.24) is 9.99 Å². The first kappa shape index (κ1) is 23.8. The maximum Gasteiger partial charge on any atom is 0.259 e. The molecule has 0 radical (unpaired) electrons. The lowest BCUT2D eigenvalue weighted by molar-refractivity contribution is -0.120. The molecular formula is C18H32N3O3P. The van der Waals surface area contributed by atoms with E-state index in [0.29, 0.717) is 38.3 Å². The minimum Gasteiger partial charge on any atom is -0.345 e. The van der Waals surface area contributed by atoms with Crippen LogP contribution in [0.5, 0.6) is 0 Å². The van der Waals surface area contributed by atoms with Gasteiger partial charge in [0.1, 0.15) is 6.61 Å². The second-order valence-corrected chi connectivity index (χ2v) is 7.60. The Morgan fingerprint density at radius 2 is 1.84 bits per heavy atom. The van der Waals surface area contributed by atoms with Gasteiger partial charge in [0.15, 0.2) is 0 Å². The molecule has 0 aliphatic rings. The molecule has 0 spiro atoms. The lowest BCUT2D eigenvalue weighted by Crippen LogP contribution is -2.33. The molecule has 0 aliphatic carbocycles. The maximum atomic E-state index is 11.4. The van der Waals surface area contributed by atoms with E-state index in [1.54, 1.807) is 0 Å². The molecule has 1 atom stereocenters. The molecule has 0 rings (SSSR count). The summed E-state index contributed by atoms with van der Waals surface area (Å²) in [6, 6.07) is 0.609. The lowest BCUT2D eigenvalue weighted by atomic mass is 10.2. The van der Waals surface area contributed by atoms with E-state index >= 15 is 0 Å². The van der Waals surface area contributed by atoms with Crippen LogP contribution in [-0.2, 0) is 13.8 Å². The fraction of sp³-hybridized carbons (Fsp3) is 0.778. The summed E-state index contributed by atoms with van der Waals surface area (Å²) in [7, 11) is -1.17. The molecule has 0 bridgehead atoms. The topological polar surface area (TPSA) is 55.2 Å². The number of hydrogen-bond donors (Lipinski definition) is 1. The van der Waals surface area contributed by atoms with E-state index in [9.17, 15) is 4.79 Å². The molecule has 0 aromatic carbocycles. The molecule has 7 heteroatoms. The van der Waals surface area contributed by atoms with Crippen LogP contribution in [0.25, 0.3) is 4.85 Å². The summed E-state index contributed by atoms with van der Waals surface area (Å²) in [5.74, 6) is 2.38. The quantitative estimate of drug-likeness (QED) is 0.220. The molecular weight excluding hydrogens is 337 g/mol. The standard InChI is InChI=1S/C18H32N3O3P/c1-7-12-20-18(22)11-9-8-10-14-23-25(24-15-13-19-6)21(16(2)3)17(4)5/h1,16-17H,8-15H2,2-5H3,(H,20,22). The summed E-state index contributed by atoms with van der Waals surface area (Å²) in [6.07, 6.45) is 8.19. The zero-order valence-corrected chi connectivity index (χ0v) is 16.8. The van der Waals surface area contributed by atoms with Gasteiger partial charge in [-0.2, -0.15) is 0 Å². The second kappa shape index (κ2) is 15.1. The van der Waals surface area contributed by atoms with E-state index in [2.05, 4.69) is 48.4 Å². The number of amides is 1. The van der Waals surface area contributed by atoms with Gasteiger partial charge in [-0.1, -0.05) is 12.3 Å². The summed E-state index contributed by atoms with van der Waals surface area (Å²) in [4.78, 5) is 14.8. The normalized spacial score (nSPS) is 12.2. The average molecular weight is 369 g/mol. The van der Waals surface area contributed by atoms with E-state index in [0.717, 1.165) is 19.3 Å². The van der Waals surface area contributed by atoms with Gasteiger partial charge in [0.05, 0.1) is 13.2 Å². The third kappa shape index (κ3) is 11.9. The number of carbonyl (C=O) groups is 1. The molecule has 6 nitrogen and oxygen atoms in total. The largest absolute Gasteiger partial charge is 0.345 e. The molecule has 0 heterocycles. The van der Waals surface area contributed by atoms with Crippen LogP contribution < -0.4 is 5.32 Å². The Hall–Kier alpha value is -1.17. The number of hydrogen-bond acceptors (Lipinski definition) is 4. The monoisotopic (exact) mass is 369 g/mol. The molecule has 0 saturated heterocycles. The number of rotatable bonds is 14. The first-order valence-electron chi connectivity index (χ1n) is 8.81. The summed E-state index contributed by atoms with van der Waals surface area (Å²) < 4.78 is 14.0. The van der Waals surface area contributed by atoms with Gasteiger partial charge >= 0.3 is 0 Å². The Labute approximate surface area is 154 Å². The number of nitrogens with zero attached hydrogens (tertiary/aromatic N) is 2. The lowest BCUT2D eigenvalue weighted by Gasteiger charge is -2.35. The predicted molar refractivity (Wildman–Crippen MR) is 103 cm³/mol. The average Bonchev–Trinajstić information content (AvgIpc) is 2.55. The highest BCUT2D eigenvalue weighted by molar-refractivity contribution is 7.44. The Morgan fingerprint density at radius 3 is 2.40 bits per heavy atom. The van der Waals surface area contributed by atoms with Gasteiger partial charge in [0.2, 0.25) is 12.5 Å². The first-order chi connectivity index (χ1) is 11.9. The zero-order chi connectivity index (χ0) is 19.1. The van der Waals surface area contributed by atoms with Crippen molar-refractivity contribution in [1.29, 1.82) is 0 Å². The minimum atomic E-state index is -1.17. The van der Waals surface area contributed by atoms with E-state index in [1.165, 1.54) is 0 Å². The first-order valence-corrected chi connectivity index (χ1v) is 9.94. The van der Waals surface area contributed by atoms with E-state index in [1.807, 2.05) is 0 Å². The van der Waals surface area contributed by atoms with Crippen LogP contribution in [0.4, 0.5) is 0 Å². The van der Waals surface area contributed by atoms with E-state index < -0.39 is 8.53 Å². The van der Waals surface area contributed by atoms with Gasteiger partial charge < -0.3 is 19.2 Å². The van der Waals surface area contributed by atoms with Gasteiger partial charge in [-0.05, 0) is 40.5 Å².